The molecule has 1 N–H and O–H groups in total. The average molecular weight is 441 g/mol. The van der Waals surface area contributed by atoms with Crippen LogP contribution in [0.2, 0.25) is 0 Å². The first-order chi connectivity index (χ1) is 15.9. The van der Waals surface area contributed by atoms with Gasteiger partial charge in [0, 0.05) is 5.69 Å². The zero-order chi connectivity index (χ0) is 23.5. The van der Waals surface area contributed by atoms with Crippen LogP contribution >= 0.6 is 0 Å². The second kappa shape index (κ2) is 9.33. The Labute approximate surface area is 194 Å². The van der Waals surface area contributed by atoms with Crippen molar-refractivity contribution in [3.05, 3.63) is 94.7 Å². The normalized spacial score (nSPS) is 13.6. The minimum atomic E-state index is -0.400. The highest BCUT2D eigenvalue weighted by Crippen LogP contribution is 2.38. The minimum Gasteiger partial charge on any atom is -0.491 e. The van der Waals surface area contributed by atoms with Gasteiger partial charge in [-0.2, -0.15) is 0 Å². The predicted molar refractivity (Wildman–Crippen MR) is 132 cm³/mol. The summed E-state index contributed by atoms with van der Waals surface area (Å²) in [4.78, 5) is 28.7. The lowest BCUT2D eigenvalue weighted by Crippen LogP contribution is -2.32. The quantitative estimate of drug-likeness (QED) is 0.472. The summed E-state index contributed by atoms with van der Waals surface area (Å²) in [6.45, 7) is 8.48. The number of anilines is 2. The smallest absolute Gasteiger partial charge is 0.282 e. The van der Waals surface area contributed by atoms with Gasteiger partial charge < -0.3 is 10.1 Å². The number of hydrogen-bond donors (Lipinski definition) is 1. The van der Waals surface area contributed by atoms with Gasteiger partial charge in [0.05, 0.1) is 17.9 Å². The number of para-hydroxylation sites is 2. The first-order valence-corrected chi connectivity index (χ1v) is 11.2. The fraction of sp³-hybridized carbons (Fsp3) is 0.214. The Kier molecular flexibility index (Phi) is 6.31. The molecular formula is C28H28N2O3. The molecule has 0 atom stereocenters. The van der Waals surface area contributed by atoms with Gasteiger partial charge in [0.15, 0.2) is 0 Å². The van der Waals surface area contributed by atoms with Crippen LogP contribution in [0.4, 0.5) is 11.4 Å². The number of ether oxygens (including phenoxy) is 1. The molecule has 3 aromatic rings. The van der Waals surface area contributed by atoms with Gasteiger partial charge in [-0.15, -0.1) is 0 Å². The number of carbonyl (C=O) groups is 2. The number of aryl methyl sites for hydroxylation is 3. The molecule has 1 aliphatic rings. The lowest BCUT2D eigenvalue weighted by atomic mass is 9.97. The van der Waals surface area contributed by atoms with Gasteiger partial charge in [-0.1, -0.05) is 60.5 Å². The molecule has 1 aliphatic heterocycles. The van der Waals surface area contributed by atoms with E-state index in [2.05, 4.69) is 5.32 Å². The lowest BCUT2D eigenvalue weighted by Gasteiger charge is -2.19. The first-order valence-electron chi connectivity index (χ1n) is 11.2. The molecule has 168 valence electrons. The van der Waals surface area contributed by atoms with Crippen molar-refractivity contribution in [1.82, 2.24) is 0 Å². The molecule has 5 heteroatoms. The fourth-order valence-electron chi connectivity index (χ4n) is 3.97. The third-order valence-corrected chi connectivity index (χ3v) is 5.62. The molecule has 0 fully saturated rings. The first kappa shape index (κ1) is 22.3. The molecule has 1 heterocycles. The third-order valence-electron chi connectivity index (χ3n) is 5.62. The average Bonchev–Trinajstić information content (AvgIpc) is 3.03. The van der Waals surface area contributed by atoms with Crippen LogP contribution in [0.5, 0.6) is 5.75 Å². The number of hydrogen-bond acceptors (Lipinski definition) is 4. The summed E-state index contributed by atoms with van der Waals surface area (Å²) in [7, 11) is 0. The maximum Gasteiger partial charge on any atom is 0.282 e. The molecule has 0 saturated carbocycles. The van der Waals surface area contributed by atoms with Crippen molar-refractivity contribution in [2.75, 3.05) is 16.8 Å². The Bertz CT molecular complexity index is 1240. The zero-order valence-corrected chi connectivity index (χ0v) is 19.4. The standard InChI is InChI=1S/C28H28N2O3/c1-5-16-33-24-9-7-6-8-23(24)30-27(31)25(22-15-12-19(3)17-20(22)4)26(28(30)32)29-21-13-10-18(2)11-14-21/h6-15,17,29H,5,16H2,1-4H3. The predicted octanol–water partition coefficient (Wildman–Crippen LogP) is 5.80. The van der Waals surface area contributed by atoms with Crippen LogP contribution in [0.3, 0.4) is 0 Å². The van der Waals surface area contributed by atoms with E-state index >= 15 is 0 Å². The second-order valence-corrected chi connectivity index (χ2v) is 8.32. The van der Waals surface area contributed by atoms with Crippen molar-refractivity contribution in [3.8, 4) is 5.75 Å². The molecule has 0 spiro atoms. The van der Waals surface area contributed by atoms with E-state index in [4.69, 9.17) is 4.74 Å². The number of carbonyl (C=O) groups excluding carboxylic acids is 2. The highest BCUT2D eigenvalue weighted by Gasteiger charge is 2.41. The van der Waals surface area contributed by atoms with Gasteiger partial charge in [-0.3, -0.25) is 9.59 Å². The maximum absolute atomic E-state index is 13.8. The summed E-state index contributed by atoms with van der Waals surface area (Å²) >= 11 is 0. The molecule has 0 aliphatic carbocycles. The monoisotopic (exact) mass is 440 g/mol. The van der Waals surface area contributed by atoms with Gasteiger partial charge in [-0.05, 0) is 62.6 Å². The Balaban J connectivity index is 1.83. The Morgan fingerprint density at radius 3 is 2.24 bits per heavy atom. The summed E-state index contributed by atoms with van der Waals surface area (Å²) in [6, 6.07) is 20.8. The minimum absolute atomic E-state index is 0.265. The maximum atomic E-state index is 13.8. The van der Waals surface area contributed by atoms with E-state index in [1.54, 1.807) is 18.2 Å². The molecule has 0 saturated heterocycles. The number of nitrogens with zero attached hydrogens (tertiary/aromatic N) is 1. The number of nitrogens with one attached hydrogen (secondary N) is 1. The molecule has 33 heavy (non-hydrogen) atoms. The zero-order valence-electron chi connectivity index (χ0n) is 19.4. The van der Waals surface area contributed by atoms with E-state index in [0.717, 1.165) is 34.4 Å². The van der Waals surface area contributed by atoms with E-state index in [1.165, 1.54) is 4.90 Å². The second-order valence-electron chi connectivity index (χ2n) is 8.32. The molecule has 4 rings (SSSR count). The third kappa shape index (κ3) is 4.40. The van der Waals surface area contributed by atoms with Crippen LogP contribution in [0.25, 0.3) is 5.57 Å². The van der Waals surface area contributed by atoms with Crippen LogP contribution in [-0.2, 0) is 9.59 Å². The molecular weight excluding hydrogens is 412 g/mol. The highest BCUT2D eigenvalue weighted by molar-refractivity contribution is 6.46. The Morgan fingerprint density at radius 1 is 0.848 bits per heavy atom. The lowest BCUT2D eigenvalue weighted by molar-refractivity contribution is -0.120. The van der Waals surface area contributed by atoms with Gasteiger partial charge >= 0.3 is 0 Å². The molecule has 0 radical (unpaired) electrons. The summed E-state index contributed by atoms with van der Waals surface area (Å²) in [5, 5.41) is 3.23. The van der Waals surface area contributed by atoms with Crippen molar-refractivity contribution < 1.29 is 14.3 Å². The summed E-state index contributed by atoms with van der Waals surface area (Å²) in [5.74, 6) is -0.255. The van der Waals surface area contributed by atoms with Crippen LogP contribution in [0.15, 0.2) is 72.4 Å². The molecule has 5 nitrogen and oxygen atoms in total. The number of amides is 2. The van der Waals surface area contributed by atoms with Crippen LogP contribution in [0.1, 0.15) is 35.6 Å². The van der Waals surface area contributed by atoms with Crippen LogP contribution in [0, 0.1) is 20.8 Å². The van der Waals surface area contributed by atoms with Gasteiger partial charge in [0.25, 0.3) is 11.8 Å². The number of benzene rings is 3. The largest absolute Gasteiger partial charge is 0.491 e. The van der Waals surface area contributed by atoms with E-state index in [-0.39, 0.29) is 11.6 Å². The van der Waals surface area contributed by atoms with Crippen molar-refractivity contribution in [1.29, 1.82) is 0 Å². The van der Waals surface area contributed by atoms with E-state index in [9.17, 15) is 9.59 Å². The summed E-state index contributed by atoms with van der Waals surface area (Å²) in [5.41, 5.74) is 5.71. The van der Waals surface area contributed by atoms with Crippen LogP contribution in [-0.4, -0.2) is 18.4 Å². The van der Waals surface area contributed by atoms with Crippen molar-refractivity contribution in [2.45, 2.75) is 34.1 Å². The van der Waals surface area contributed by atoms with E-state index in [0.29, 0.717) is 23.6 Å². The topological polar surface area (TPSA) is 58.6 Å². The molecule has 3 aromatic carbocycles. The Morgan fingerprint density at radius 2 is 1.55 bits per heavy atom. The SMILES string of the molecule is CCCOc1ccccc1N1C(=O)C(Nc2ccc(C)cc2)=C(c2ccc(C)cc2C)C1=O. The highest BCUT2D eigenvalue weighted by atomic mass is 16.5. The summed E-state index contributed by atoms with van der Waals surface area (Å²) in [6.07, 6.45) is 0.822. The number of rotatable bonds is 7. The summed E-state index contributed by atoms with van der Waals surface area (Å²) < 4.78 is 5.86. The number of imide groups is 1. The van der Waals surface area contributed by atoms with Gasteiger partial charge in [0.2, 0.25) is 0 Å². The molecule has 0 unspecified atom stereocenters. The molecule has 0 bridgehead atoms. The van der Waals surface area contributed by atoms with Crippen molar-refractivity contribution in [2.24, 2.45) is 0 Å². The fourth-order valence-corrected chi connectivity index (χ4v) is 3.97. The van der Waals surface area contributed by atoms with Crippen LogP contribution < -0.4 is 15.0 Å². The molecule has 0 aromatic heterocycles. The Hall–Kier alpha value is -3.86. The van der Waals surface area contributed by atoms with E-state index < -0.39 is 5.91 Å². The molecule has 2 amide bonds. The van der Waals surface area contributed by atoms with Gasteiger partial charge in [-0.25, -0.2) is 4.90 Å². The van der Waals surface area contributed by atoms with Crippen molar-refractivity contribution in [3.63, 3.8) is 0 Å². The van der Waals surface area contributed by atoms with E-state index in [1.807, 2.05) is 76.2 Å². The van der Waals surface area contributed by atoms with Crippen molar-refractivity contribution >= 4 is 28.8 Å². The van der Waals surface area contributed by atoms with Gasteiger partial charge in [0.1, 0.15) is 11.4 Å².